The van der Waals surface area contributed by atoms with Crippen molar-refractivity contribution in [2.45, 2.75) is 84.2 Å². The highest BCUT2D eigenvalue weighted by molar-refractivity contribution is 5.95. The molecule has 0 aromatic carbocycles. The predicted octanol–water partition coefficient (Wildman–Crippen LogP) is 3.41. The van der Waals surface area contributed by atoms with Gasteiger partial charge < -0.3 is 21.1 Å². The van der Waals surface area contributed by atoms with E-state index in [1.807, 2.05) is 26.1 Å². The minimum atomic E-state index is -0.696. The Morgan fingerprint density at radius 1 is 1.28 bits per heavy atom. The lowest BCUT2D eigenvalue weighted by Crippen LogP contribution is -2.59. The predicted molar refractivity (Wildman–Crippen MR) is 135 cm³/mol. The molecule has 1 aromatic heterocycles. The molecule has 4 N–H and O–H groups in total. The number of fused-ring (bicyclic) bond motifs is 2. The Labute approximate surface area is 212 Å². The fraction of sp³-hybridized carbons (Fsp3) is 0.704. The molecule has 0 aliphatic heterocycles. The number of hydrogen-bond acceptors (Lipinski definition) is 5. The van der Waals surface area contributed by atoms with Gasteiger partial charge in [-0.05, 0) is 81.1 Å². The van der Waals surface area contributed by atoms with E-state index in [2.05, 4.69) is 29.6 Å². The third-order valence-electron chi connectivity index (χ3n) is 9.46. The minimum Gasteiger partial charge on any atom is -0.449 e. The van der Waals surface area contributed by atoms with Crippen LogP contribution in [0.25, 0.3) is 6.20 Å². The van der Waals surface area contributed by atoms with Crippen LogP contribution in [-0.2, 0) is 9.53 Å². The number of nitrogens with zero attached hydrogens (tertiary/aromatic N) is 2. The van der Waals surface area contributed by atoms with E-state index in [4.69, 9.17) is 10.5 Å². The largest absolute Gasteiger partial charge is 0.449 e. The minimum absolute atomic E-state index is 0.0328. The lowest BCUT2D eigenvalue weighted by atomic mass is 9.46. The maximum atomic E-state index is 13.6. The molecule has 196 valence electrons. The lowest BCUT2D eigenvalue weighted by Gasteiger charge is -2.59. The first-order valence-electron chi connectivity index (χ1n) is 13.1. The average Bonchev–Trinajstić information content (AvgIpc) is 3.32. The smallest absolute Gasteiger partial charge is 0.404 e. The summed E-state index contributed by atoms with van der Waals surface area (Å²) in [5.74, 6) is 1.43. The highest BCUT2D eigenvalue weighted by Gasteiger charge is 2.77. The second-order valence-electron chi connectivity index (χ2n) is 12.6. The van der Waals surface area contributed by atoms with E-state index in [1.165, 1.54) is 13.3 Å². The number of carbonyl (C=O) groups is 3. The topological polar surface area (TPSA) is 128 Å². The molecule has 3 bridgehead atoms. The van der Waals surface area contributed by atoms with Crippen LogP contribution in [0.3, 0.4) is 0 Å². The summed E-state index contributed by atoms with van der Waals surface area (Å²) in [5, 5.41) is 10.8. The third kappa shape index (κ3) is 3.82. The van der Waals surface area contributed by atoms with Crippen LogP contribution in [0.15, 0.2) is 12.3 Å². The maximum absolute atomic E-state index is 13.6. The number of primary amides is 1. The summed E-state index contributed by atoms with van der Waals surface area (Å²) < 4.78 is 7.07. The van der Waals surface area contributed by atoms with E-state index in [-0.39, 0.29) is 34.6 Å². The molecule has 1 spiro atoms. The zero-order chi connectivity index (χ0) is 26.0. The number of aromatic nitrogens is 2. The van der Waals surface area contributed by atoms with Gasteiger partial charge in [-0.1, -0.05) is 13.8 Å². The Bertz CT molecular complexity index is 1120. The molecule has 9 heteroatoms. The van der Waals surface area contributed by atoms with Crippen LogP contribution < -0.4 is 16.4 Å². The zero-order valence-electron chi connectivity index (χ0n) is 22.0. The molecular weight excluding hydrogens is 458 g/mol. The lowest BCUT2D eigenvalue weighted by molar-refractivity contribution is -0.134. The summed E-state index contributed by atoms with van der Waals surface area (Å²) in [4.78, 5) is 36.4. The van der Waals surface area contributed by atoms with Gasteiger partial charge in [-0.15, -0.1) is 0 Å². The fourth-order valence-electron chi connectivity index (χ4n) is 8.46. The van der Waals surface area contributed by atoms with Gasteiger partial charge in [-0.2, -0.15) is 5.10 Å². The van der Waals surface area contributed by atoms with Gasteiger partial charge in [-0.3, -0.25) is 9.59 Å². The van der Waals surface area contributed by atoms with Crippen molar-refractivity contribution < 1.29 is 19.1 Å². The molecule has 5 rings (SSSR count). The van der Waals surface area contributed by atoms with Gasteiger partial charge >= 0.3 is 6.09 Å². The van der Waals surface area contributed by atoms with Crippen molar-refractivity contribution in [1.82, 2.24) is 20.4 Å². The van der Waals surface area contributed by atoms with Gasteiger partial charge in [0.25, 0.3) is 5.91 Å². The van der Waals surface area contributed by atoms with Crippen LogP contribution in [0, 0.1) is 28.6 Å². The molecule has 6 atom stereocenters. The van der Waals surface area contributed by atoms with Crippen LogP contribution in [0.4, 0.5) is 4.79 Å². The molecule has 1 heterocycles. The number of hydrogen-bond donors (Lipinski definition) is 3. The van der Waals surface area contributed by atoms with Gasteiger partial charge in [0.05, 0.1) is 29.6 Å². The molecule has 4 saturated carbocycles. The molecule has 5 unspecified atom stereocenters. The van der Waals surface area contributed by atoms with Gasteiger partial charge in [-0.25, -0.2) is 9.48 Å². The number of rotatable bonds is 8. The summed E-state index contributed by atoms with van der Waals surface area (Å²) in [5.41, 5.74) is 6.40. The number of nitrogens with two attached hydrogens (primary N) is 1. The third-order valence-corrected chi connectivity index (χ3v) is 9.46. The van der Waals surface area contributed by atoms with E-state index in [1.54, 1.807) is 10.9 Å². The van der Waals surface area contributed by atoms with Crippen molar-refractivity contribution >= 4 is 24.1 Å². The Morgan fingerprint density at radius 2 is 2.03 bits per heavy atom. The molecule has 4 aliphatic rings. The van der Waals surface area contributed by atoms with E-state index >= 15 is 0 Å². The number of nitrogens with one attached hydrogen (secondary N) is 2. The van der Waals surface area contributed by atoms with Crippen molar-refractivity contribution in [3.8, 4) is 0 Å². The normalized spacial score (nSPS) is 34.1. The monoisotopic (exact) mass is 497 g/mol. The van der Waals surface area contributed by atoms with Gasteiger partial charge in [0, 0.05) is 24.6 Å². The standard InChI is InChI=1S/C27H39N5O4/c1-15(2)22-19(13-29-32(22)7-6-25(4,5)31-16(3)33)23(34)30-21-18-8-17-9-26(14-36-24(28)35)12-20(21)27(26,10-17)11-18/h6-7,13,15,17-18,20-21H,8-12,14H2,1-5H3,(H2,28,35)(H,30,34)(H,31,33)/b7-6+/t17?,18?,20?,21?,26-,27?/m1/s1. The molecule has 3 amide bonds. The van der Waals surface area contributed by atoms with E-state index in [0.717, 1.165) is 31.4 Å². The molecular formula is C27H39N5O4. The Balaban J connectivity index is 1.34. The second kappa shape index (κ2) is 8.35. The highest BCUT2D eigenvalue weighted by Crippen LogP contribution is 2.81. The number of amides is 3. The van der Waals surface area contributed by atoms with Crippen molar-refractivity contribution in [2.75, 3.05) is 6.61 Å². The van der Waals surface area contributed by atoms with Gasteiger partial charge in [0.15, 0.2) is 0 Å². The summed E-state index contributed by atoms with van der Waals surface area (Å²) >= 11 is 0. The first kappa shape index (κ1) is 24.8. The second-order valence-corrected chi connectivity index (χ2v) is 12.6. The summed E-state index contributed by atoms with van der Waals surface area (Å²) in [6.45, 7) is 9.83. The molecule has 4 aliphatic carbocycles. The van der Waals surface area contributed by atoms with Crippen molar-refractivity contribution in [1.29, 1.82) is 0 Å². The highest BCUT2D eigenvalue weighted by atomic mass is 16.5. The van der Waals surface area contributed by atoms with E-state index < -0.39 is 11.6 Å². The number of carbonyl (C=O) groups excluding carboxylic acids is 3. The first-order valence-corrected chi connectivity index (χ1v) is 13.1. The van der Waals surface area contributed by atoms with Crippen LogP contribution >= 0.6 is 0 Å². The number of ether oxygens (including phenoxy) is 1. The Hall–Kier alpha value is -2.84. The Kier molecular flexibility index (Phi) is 5.76. The molecule has 4 fully saturated rings. The van der Waals surface area contributed by atoms with Crippen LogP contribution in [0.2, 0.25) is 0 Å². The zero-order valence-corrected chi connectivity index (χ0v) is 22.0. The van der Waals surface area contributed by atoms with Crippen molar-refractivity contribution in [2.24, 2.45) is 34.3 Å². The molecule has 0 radical (unpaired) electrons. The van der Waals surface area contributed by atoms with Crippen molar-refractivity contribution in [3.05, 3.63) is 23.5 Å². The van der Waals surface area contributed by atoms with Crippen LogP contribution in [0.5, 0.6) is 0 Å². The van der Waals surface area contributed by atoms with E-state index in [0.29, 0.717) is 29.9 Å². The quantitative estimate of drug-likeness (QED) is 0.507. The molecule has 9 nitrogen and oxygen atoms in total. The van der Waals surface area contributed by atoms with Gasteiger partial charge in [0.2, 0.25) is 5.91 Å². The fourth-order valence-corrected chi connectivity index (χ4v) is 8.46. The summed E-state index contributed by atoms with van der Waals surface area (Å²) in [7, 11) is 0. The van der Waals surface area contributed by atoms with Crippen LogP contribution in [0.1, 0.15) is 88.7 Å². The van der Waals surface area contributed by atoms with Gasteiger partial charge in [0.1, 0.15) is 0 Å². The van der Waals surface area contributed by atoms with Crippen LogP contribution in [-0.4, -0.2) is 45.9 Å². The molecule has 1 aromatic rings. The molecule has 0 saturated heterocycles. The summed E-state index contributed by atoms with van der Waals surface area (Å²) in [6, 6.07) is 0.141. The molecule has 36 heavy (non-hydrogen) atoms. The first-order chi connectivity index (χ1) is 16.9. The SMILES string of the molecule is CC(=O)NC(C)(C)/C=C/n1ncc(C(=O)NC2C3CC4CC5(C3)C2C[C@@]5(COC(N)=O)C4)c1C(C)C. The summed E-state index contributed by atoms with van der Waals surface area (Å²) in [6.07, 6.45) is 10.1. The van der Waals surface area contributed by atoms with Crippen molar-refractivity contribution in [3.63, 3.8) is 0 Å². The maximum Gasteiger partial charge on any atom is 0.404 e. The van der Waals surface area contributed by atoms with E-state index in [9.17, 15) is 14.4 Å². The average molecular weight is 498 g/mol. The Morgan fingerprint density at radius 3 is 2.69 bits per heavy atom.